The molecule has 0 atom stereocenters. The third-order valence-electron chi connectivity index (χ3n) is 12.5. The van der Waals surface area contributed by atoms with Gasteiger partial charge in [-0.2, -0.15) is 0 Å². The zero-order chi connectivity index (χ0) is 41.7. The van der Waals surface area contributed by atoms with Crippen LogP contribution in [-0.4, -0.2) is 9.13 Å². The van der Waals surface area contributed by atoms with Crippen molar-refractivity contribution in [2.75, 3.05) is 4.90 Å². The molecule has 3 nitrogen and oxygen atoms in total. The second-order valence-corrected chi connectivity index (χ2v) is 16.2. The third kappa shape index (κ3) is 6.38. The summed E-state index contributed by atoms with van der Waals surface area (Å²) < 4.78 is 4.80. The summed E-state index contributed by atoms with van der Waals surface area (Å²) in [5.41, 5.74) is 17.3. The zero-order valence-corrected chi connectivity index (χ0v) is 34.5. The van der Waals surface area contributed by atoms with Crippen molar-refractivity contribution in [3.63, 3.8) is 0 Å². The number of aromatic nitrogens is 2. The minimum atomic E-state index is 1.07. The van der Waals surface area contributed by atoms with Crippen molar-refractivity contribution in [2.45, 2.75) is 0 Å². The van der Waals surface area contributed by atoms with Gasteiger partial charge in [0.05, 0.1) is 22.1 Å². The van der Waals surface area contributed by atoms with Crippen molar-refractivity contribution >= 4 is 60.7 Å². The van der Waals surface area contributed by atoms with Gasteiger partial charge in [-0.15, -0.1) is 0 Å². The van der Waals surface area contributed by atoms with E-state index in [1.807, 2.05) is 0 Å². The van der Waals surface area contributed by atoms with E-state index in [0.717, 1.165) is 45.0 Å². The summed E-state index contributed by atoms with van der Waals surface area (Å²) in [5, 5.41) is 4.92. The molecule has 296 valence electrons. The Hall–Kier alpha value is -8.40. The Bertz CT molecular complexity index is 3370. The summed E-state index contributed by atoms with van der Waals surface area (Å²) in [6, 6.07) is 90.2. The lowest BCUT2D eigenvalue weighted by Gasteiger charge is -2.26. The molecule has 0 aliphatic rings. The standard InChI is InChI=1S/C60H41N3/c1-5-17-42(18-6-1)45-37-46(43-19-7-2-8-20-43)39-47(38-45)44-29-31-50(32-30-44)61(51-33-35-55-53-25-13-15-27-57(53)62(59(55)40-51)48-21-9-3-10-22-48)52-34-36-56-54-26-14-16-28-58(54)63(60(56)41-52)49-23-11-4-12-24-49/h1-41H. The molecule has 3 heteroatoms. The number of anilines is 3. The number of nitrogens with zero attached hydrogens (tertiary/aromatic N) is 3. The highest BCUT2D eigenvalue weighted by atomic mass is 15.1. The Morgan fingerprint density at radius 3 is 0.984 bits per heavy atom. The van der Waals surface area contributed by atoms with Crippen molar-refractivity contribution < 1.29 is 0 Å². The van der Waals surface area contributed by atoms with Crippen molar-refractivity contribution in [3.8, 4) is 44.8 Å². The van der Waals surface area contributed by atoms with Crippen LogP contribution in [-0.2, 0) is 0 Å². The monoisotopic (exact) mass is 803 g/mol. The summed E-state index contributed by atoms with van der Waals surface area (Å²) in [4.78, 5) is 2.42. The molecule has 0 spiro atoms. The predicted molar refractivity (Wildman–Crippen MR) is 266 cm³/mol. The van der Waals surface area contributed by atoms with Crippen LogP contribution in [0.15, 0.2) is 249 Å². The molecular formula is C60H41N3. The average Bonchev–Trinajstić information content (AvgIpc) is 3.87. The Morgan fingerprint density at radius 1 is 0.222 bits per heavy atom. The Kier molecular flexibility index (Phi) is 8.83. The van der Waals surface area contributed by atoms with Gasteiger partial charge >= 0.3 is 0 Å². The van der Waals surface area contributed by atoms with Crippen LogP contribution in [0.25, 0.3) is 88.4 Å². The van der Waals surface area contributed by atoms with Crippen LogP contribution in [0.5, 0.6) is 0 Å². The molecule has 0 amide bonds. The first-order valence-corrected chi connectivity index (χ1v) is 21.6. The molecule has 0 fully saturated rings. The van der Waals surface area contributed by atoms with Gasteiger partial charge in [0, 0.05) is 50.0 Å². The molecule has 0 saturated carbocycles. The number of hydrogen-bond acceptors (Lipinski definition) is 1. The molecule has 63 heavy (non-hydrogen) atoms. The lowest BCUT2D eigenvalue weighted by molar-refractivity contribution is 1.17. The molecule has 0 radical (unpaired) electrons. The molecule has 12 aromatic rings. The molecule has 0 aliphatic heterocycles. The Balaban J connectivity index is 1.06. The molecule has 10 aromatic carbocycles. The van der Waals surface area contributed by atoms with E-state index in [0.29, 0.717) is 0 Å². The van der Waals surface area contributed by atoms with E-state index in [4.69, 9.17) is 0 Å². The SMILES string of the molecule is c1ccc(-c2cc(-c3ccccc3)cc(-c3ccc(N(c4ccc5c6ccccc6n(-c6ccccc6)c5c4)c4ccc5c6ccccc6n(-c6ccccc6)c5c4)cc3)c2)cc1. The summed E-state index contributed by atoms with van der Waals surface area (Å²) in [6.45, 7) is 0. The molecule has 0 bridgehead atoms. The summed E-state index contributed by atoms with van der Waals surface area (Å²) in [7, 11) is 0. The number of para-hydroxylation sites is 4. The highest BCUT2D eigenvalue weighted by molar-refractivity contribution is 6.12. The van der Waals surface area contributed by atoms with E-state index in [-0.39, 0.29) is 0 Å². The number of rotatable bonds is 8. The van der Waals surface area contributed by atoms with Crippen LogP contribution < -0.4 is 4.90 Å². The average molecular weight is 804 g/mol. The minimum Gasteiger partial charge on any atom is -0.310 e. The number of hydrogen-bond donors (Lipinski definition) is 0. The van der Waals surface area contributed by atoms with Crippen molar-refractivity contribution in [1.82, 2.24) is 9.13 Å². The predicted octanol–water partition coefficient (Wildman–Crippen LogP) is 16.4. The van der Waals surface area contributed by atoms with Crippen molar-refractivity contribution in [2.24, 2.45) is 0 Å². The highest BCUT2D eigenvalue weighted by Crippen LogP contribution is 2.43. The van der Waals surface area contributed by atoms with Gasteiger partial charge in [0.25, 0.3) is 0 Å². The number of fused-ring (bicyclic) bond motifs is 6. The first-order chi connectivity index (χ1) is 31.2. The van der Waals surface area contributed by atoms with Gasteiger partial charge in [-0.1, -0.05) is 158 Å². The second kappa shape index (κ2) is 15.3. The quantitative estimate of drug-likeness (QED) is 0.149. The van der Waals surface area contributed by atoms with E-state index in [9.17, 15) is 0 Å². The van der Waals surface area contributed by atoms with E-state index in [1.165, 1.54) is 60.4 Å². The summed E-state index contributed by atoms with van der Waals surface area (Å²) >= 11 is 0. The maximum atomic E-state index is 2.42. The Morgan fingerprint density at radius 2 is 0.556 bits per heavy atom. The molecule has 2 aromatic heterocycles. The largest absolute Gasteiger partial charge is 0.310 e. The van der Waals surface area contributed by atoms with E-state index < -0.39 is 0 Å². The van der Waals surface area contributed by atoms with Crippen LogP contribution in [0.3, 0.4) is 0 Å². The molecule has 0 saturated heterocycles. The third-order valence-corrected chi connectivity index (χ3v) is 12.5. The maximum absolute atomic E-state index is 2.42. The van der Waals surface area contributed by atoms with Crippen molar-refractivity contribution in [3.05, 3.63) is 249 Å². The molecule has 12 rings (SSSR count). The number of benzene rings is 10. The van der Waals surface area contributed by atoms with Gasteiger partial charge < -0.3 is 14.0 Å². The second-order valence-electron chi connectivity index (χ2n) is 16.2. The summed E-state index contributed by atoms with van der Waals surface area (Å²) in [5.74, 6) is 0. The fourth-order valence-electron chi connectivity index (χ4n) is 9.55. The van der Waals surface area contributed by atoms with Gasteiger partial charge in [-0.25, -0.2) is 0 Å². The molecule has 0 unspecified atom stereocenters. The van der Waals surface area contributed by atoms with Crippen LogP contribution >= 0.6 is 0 Å². The fraction of sp³-hybridized carbons (Fsp3) is 0. The van der Waals surface area contributed by atoms with Gasteiger partial charge in [-0.05, 0) is 124 Å². The molecular weight excluding hydrogens is 763 g/mol. The van der Waals surface area contributed by atoms with Crippen LogP contribution in [0.2, 0.25) is 0 Å². The molecule has 2 heterocycles. The smallest absolute Gasteiger partial charge is 0.0561 e. The minimum absolute atomic E-state index is 1.07. The molecule has 0 aliphatic carbocycles. The fourth-order valence-corrected chi connectivity index (χ4v) is 9.55. The van der Waals surface area contributed by atoms with Crippen LogP contribution in [0.1, 0.15) is 0 Å². The topological polar surface area (TPSA) is 13.1 Å². The lowest BCUT2D eigenvalue weighted by atomic mass is 9.93. The van der Waals surface area contributed by atoms with Crippen LogP contribution in [0, 0.1) is 0 Å². The highest BCUT2D eigenvalue weighted by Gasteiger charge is 2.20. The normalized spacial score (nSPS) is 11.5. The lowest BCUT2D eigenvalue weighted by Crippen LogP contribution is -2.10. The van der Waals surface area contributed by atoms with E-state index >= 15 is 0 Å². The zero-order valence-electron chi connectivity index (χ0n) is 34.5. The maximum Gasteiger partial charge on any atom is 0.0561 e. The van der Waals surface area contributed by atoms with E-state index in [1.54, 1.807) is 0 Å². The van der Waals surface area contributed by atoms with Crippen LogP contribution in [0.4, 0.5) is 17.1 Å². The first-order valence-electron chi connectivity index (χ1n) is 21.6. The van der Waals surface area contributed by atoms with Crippen molar-refractivity contribution in [1.29, 1.82) is 0 Å². The van der Waals surface area contributed by atoms with E-state index in [2.05, 4.69) is 263 Å². The van der Waals surface area contributed by atoms with Gasteiger partial charge in [0.2, 0.25) is 0 Å². The molecule has 0 N–H and O–H groups in total. The summed E-state index contributed by atoms with van der Waals surface area (Å²) in [6.07, 6.45) is 0. The van der Waals surface area contributed by atoms with Gasteiger partial charge in [0.1, 0.15) is 0 Å². The van der Waals surface area contributed by atoms with Gasteiger partial charge in [-0.3, -0.25) is 0 Å². The first kappa shape index (κ1) is 36.5. The van der Waals surface area contributed by atoms with Gasteiger partial charge in [0.15, 0.2) is 0 Å². The Labute approximate surface area is 366 Å².